The number of hydrogen-bond donors (Lipinski definition) is 1. The smallest absolute Gasteiger partial charge is 0.238 e. The van der Waals surface area contributed by atoms with E-state index in [2.05, 4.69) is 0 Å². The monoisotopic (exact) mass is 273 g/mol. The number of aliphatic hydroxyl groups is 1. The minimum atomic E-state index is -0.839. The number of rotatable bonds is 2. The van der Waals surface area contributed by atoms with Crippen LogP contribution in [-0.4, -0.2) is 27.9 Å². The molecule has 1 saturated heterocycles. The Labute approximate surface area is 118 Å². The molecule has 1 saturated carbocycles. The number of nitrogens with zero attached hydrogens (tertiary/aromatic N) is 1. The Bertz CT molecular complexity index is 528. The molecular formula is C16H19NO3. The highest BCUT2D eigenvalue weighted by molar-refractivity contribution is 6.07. The molecule has 0 radical (unpaired) electrons. The summed E-state index contributed by atoms with van der Waals surface area (Å²) in [4.78, 5) is 26.3. The van der Waals surface area contributed by atoms with Crippen LogP contribution in [0, 0.1) is 5.41 Å². The van der Waals surface area contributed by atoms with Gasteiger partial charge in [0.25, 0.3) is 0 Å². The van der Waals surface area contributed by atoms with E-state index < -0.39 is 11.6 Å². The summed E-state index contributed by atoms with van der Waals surface area (Å²) in [5.41, 5.74) is 0.135. The zero-order valence-electron chi connectivity index (χ0n) is 11.4. The number of likely N-dealkylation sites (tertiary alicyclic amines) is 1. The minimum absolute atomic E-state index is 0.0625. The third kappa shape index (κ3) is 2.04. The molecule has 3 rings (SSSR count). The van der Waals surface area contributed by atoms with Crippen molar-refractivity contribution in [2.75, 3.05) is 0 Å². The summed E-state index contributed by atoms with van der Waals surface area (Å²) in [6.45, 7) is 0.371. The van der Waals surface area contributed by atoms with E-state index in [-0.39, 0.29) is 11.7 Å². The molecule has 4 heteroatoms. The van der Waals surface area contributed by atoms with E-state index in [0.717, 1.165) is 12.0 Å². The lowest BCUT2D eigenvalue weighted by Gasteiger charge is -2.41. The molecule has 20 heavy (non-hydrogen) atoms. The molecule has 1 aliphatic heterocycles. The second-order valence-electron chi connectivity index (χ2n) is 5.80. The first kappa shape index (κ1) is 13.3. The lowest BCUT2D eigenvalue weighted by Crippen LogP contribution is -2.54. The van der Waals surface area contributed by atoms with E-state index in [9.17, 15) is 14.7 Å². The first-order valence-electron chi connectivity index (χ1n) is 7.20. The van der Waals surface area contributed by atoms with Gasteiger partial charge in [0, 0.05) is 13.0 Å². The molecule has 2 fully saturated rings. The fourth-order valence-corrected chi connectivity index (χ4v) is 3.43. The second kappa shape index (κ2) is 5.02. The van der Waals surface area contributed by atoms with Gasteiger partial charge in [-0.15, -0.1) is 0 Å². The number of carbonyl (C=O) groups excluding carboxylic acids is 2. The van der Waals surface area contributed by atoms with Crippen LogP contribution >= 0.6 is 0 Å². The number of hydrogen-bond acceptors (Lipinski definition) is 3. The molecule has 106 valence electrons. The summed E-state index contributed by atoms with van der Waals surface area (Å²) in [6, 6.07) is 9.59. The first-order valence-corrected chi connectivity index (χ1v) is 7.20. The Morgan fingerprint density at radius 3 is 2.60 bits per heavy atom. The lowest BCUT2D eigenvalue weighted by molar-refractivity contribution is -0.166. The van der Waals surface area contributed by atoms with Crippen molar-refractivity contribution in [1.82, 2.24) is 4.90 Å². The predicted octanol–water partition coefficient (Wildman–Crippen LogP) is 1.87. The molecule has 1 aromatic carbocycles. The average Bonchev–Trinajstić information content (AvgIpc) is 2.83. The third-order valence-corrected chi connectivity index (χ3v) is 4.60. The van der Waals surface area contributed by atoms with Crippen molar-refractivity contribution < 1.29 is 14.7 Å². The molecule has 2 atom stereocenters. The standard InChI is InChI=1S/C16H19NO3/c18-13-7-4-9-16(13)10-8-14(19)17(15(16)20)11-12-5-2-1-3-6-12/h1-3,5-6,14,19H,4,7-11H2/t14-,16+/m0/s1. The highest BCUT2D eigenvalue weighted by Crippen LogP contribution is 2.44. The maximum absolute atomic E-state index is 12.7. The Kier molecular flexibility index (Phi) is 3.34. The SMILES string of the molecule is O=C1CCC[C@@]12CC[C@H](O)N(Cc1ccccc1)C2=O. The molecule has 2 aliphatic rings. The molecule has 0 aromatic heterocycles. The van der Waals surface area contributed by atoms with Crippen molar-refractivity contribution in [2.45, 2.75) is 44.9 Å². The maximum atomic E-state index is 12.7. The number of piperidine rings is 1. The van der Waals surface area contributed by atoms with E-state index in [4.69, 9.17) is 0 Å². The normalized spacial score (nSPS) is 30.2. The van der Waals surface area contributed by atoms with Gasteiger partial charge >= 0.3 is 0 Å². The van der Waals surface area contributed by atoms with Crippen LogP contribution in [0.5, 0.6) is 0 Å². The molecule has 1 amide bonds. The van der Waals surface area contributed by atoms with E-state index in [0.29, 0.717) is 32.2 Å². The number of Topliss-reactive ketones (excluding diaryl/α,β-unsaturated/α-hetero) is 1. The van der Waals surface area contributed by atoms with Crippen LogP contribution in [0.2, 0.25) is 0 Å². The van der Waals surface area contributed by atoms with E-state index in [1.54, 1.807) is 0 Å². The van der Waals surface area contributed by atoms with E-state index in [1.807, 2.05) is 30.3 Å². The molecule has 1 aromatic rings. The topological polar surface area (TPSA) is 57.6 Å². The van der Waals surface area contributed by atoms with Gasteiger partial charge in [-0.05, 0) is 31.2 Å². The van der Waals surface area contributed by atoms with E-state index >= 15 is 0 Å². The van der Waals surface area contributed by atoms with Crippen LogP contribution in [0.15, 0.2) is 30.3 Å². The van der Waals surface area contributed by atoms with Crippen molar-refractivity contribution in [2.24, 2.45) is 5.41 Å². The number of ketones is 1. The molecule has 1 spiro atoms. The number of amides is 1. The minimum Gasteiger partial charge on any atom is -0.374 e. The quantitative estimate of drug-likeness (QED) is 0.837. The molecular weight excluding hydrogens is 254 g/mol. The van der Waals surface area contributed by atoms with Crippen molar-refractivity contribution in [1.29, 1.82) is 0 Å². The van der Waals surface area contributed by atoms with Gasteiger partial charge in [-0.25, -0.2) is 0 Å². The van der Waals surface area contributed by atoms with Gasteiger partial charge in [-0.3, -0.25) is 9.59 Å². The van der Waals surface area contributed by atoms with Gasteiger partial charge < -0.3 is 10.0 Å². The van der Waals surface area contributed by atoms with Crippen molar-refractivity contribution in [3.05, 3.63) is 35.9 Å². The van der Waals surface area contributed by atoms with Crippen molar-refractivity contribution in [3.8, 4) is 0 Å². The zero-order chi connectivity index (χ0) is 14.2. The number of aliphatic hydroxyl groups excluding tert-OH is 1. The summed E-state index contributed by atoms with van der Waals surface area (Å²) >= 11 is 0. The Morgan fingerprint density at radius 2 is 1.95 bits per heavy atom. The van der Waals surface area contributed by atoms with Crippen LogP contribution in [0.4, 0.5) is 0 Å². The fraction of sp³-hybridized carbons (Fsp3) is 0.500. The van der Waals surface area contributed by atoms with Gasteiger partial charge in [0.2, 0.25) is 5.91 Å². The van der Waals surface area contributed by atoms with Crippen molar-refractivity contribution in [3.63, 3.8) is 0 Å². The molecule has 1 N–H and O–H groups in total. The molecule has 1 heterocycles. The summed E-state index contributed by atoms with van der Waals surface area (Å²) < 4.78 is 0. The second-order valence-corrected chi connectivity index (χ2v) is 5.80. The maximum Gasteiger partial charge on any atom is 0.238 e. The molecule has 4 nitrogen and oxygen atoms in total. The van der Waals surface area contributed by atoms with Gasteiger partial charge in [0.1, 0.15) is 17.4 Å². The summed E-state index contributed by atoms with van der Waals surface area (Å²) in [5, 5.41) is 10.1. The van der Waals surface area contributed by atoms with Crippen LogP contribution in [0.25, 0.3) is 0 Å². The van der Waals surface area contributed by atoms with Gasteiger partial charge in [0.05, 0.1) is 0 Å². The van der Waals surface area contributed by atoms with Crippen LogP contribution in [0.1, 0.15) is 37.7 Å². The number of benzene rings is 1. The Morgan fingerprint density at radius 1 is 1.20 bits per heavy atom. The number of carbonyl (C=O) groups is 2. The first-order chi connectivity index (χ1) is 9.63. The fourth-order valence-electron chi connectivity index (χ4n) is 3.43. The average molecular weight is 273 g/mol. The predicted molar refractivity (Wildman–Crippen MR) is 73.5 cm³/mol. The largest absolute Gasteiger partial charge is 0.374 e. The van der Waals surface area contributed by atoms with Gasteiger partial charge in [-0.1, -0.05) is 30.3 Å². The third-order valence-electron chi connectivity index (χ3n) is 4.60. The Hall–Kier alpha value is -1.68. The highest BCUT2D eigenvalue weighted by Gasteiger charge is 2.53. The summed E-state index contributed by atoms with van der Waals surface area (Å²) in [7, 11) is 0. The molecule has 0 bridgehead atoms. The van der Waals surface area contributed by atoms with Crippen LogP contribution < -0.4 is 0 Å². The summed E-state index contributed by atoms with van der Waals surface area (Å²) in [5.74, 6) is -0.116. The molecule has 0 unspecified atom stereocenters. The lowest BCUT2D eigenvalue weighted by atomic mass is 9.76. The van der Waals surface area contributed by atoms with E-state index in [1.165, 1.54) is 4.90 Å². The van der Waals surface area contributed by atoms with Gasteiger partial charge in [0.15, 0.2) is 0 Å². The molecule has 1 aliphatic carbocycles. The van der Waals surface area contributed by atoms with Crippen molar-refractivity contribution >= 4 is 11.7 Å². The Balaban J connectivity index is 1.85. The van der Waals surface area contributed by atoms with Crippen LogP contribution in [-0.2, 0) is 16.1 Å². The highest BCUT2D eigenvalue weighted by atomic mass is 16.3. The summed E-state index contributed by atoms with van der Waals surface area (Å²) in [6.07, 6.45) is 2.15. The zero-order valence-corrected chi connectivity index (χ0v) is 11.4. The van der Waals surface area contributed by atoms with Crippen LogP contribution in [0.3, 0.4) is 0 Å². The van der Waals surface area contributed by atoms with Gasteiger partial charge in [-0.2, -0.15) is 0 Å².